The predicted octanol–water partition coefficient (Wildman–Crippen LogP) is 3.56. The molecule has 0 N–H and O–H groups in total. The van der Waals surface area contributed by atoms with Crippen LogP contribution in [-0.4, -0.2) is 11.9 Å². The van der Waals surface area contributed by atoms with Crippen molar-refractivity contribution in [2.75, 3.05) is 0 Å². The van der Waals surface area contributed by atoms with E-state index in [9.17, 15) is 4.79 Å². The summed E-state index contributed by atoms with van der Waals surface area (Å²) in [6.07, 6.45) is 1.65. The van der Waals surface area contributed by atoms with E-state index in [0.717, 1.165) is 16.7 Å². The molecule has 1 aliphatic rings. The first-order chi connectivity index (χ1) is 9.78. The van der Waals surface area contributed by atoms with E-state index < -0.39 is 5.97 Å². The smallest absolute Gasteiger partial charge is 0.363 e. The molecular formula is C17H13NO2. The van der Waals surface area contributed by atoms with Crippen molar-refractivity contribution in [2.24, 2.45) is 4.99 Å². The highest BCUT2D eigenvalue weighted by Gasteiger charge is 2.23. The molecule has 20 heavy (non-hydrogen) atoms. The number of carbonyl (C=O) groups is 1. The van der Waals surface area contributed by atoms with Gasteiger partial charge in [-0.05, 0) is 30.2 Å². The average molecular weight is 263 g/mol. The summed E-state index contributed by atoms with van der Waals surface area (Å²) >= 11 is 0. The van der Waals surface area contributed by atoms with E-state index in [1.807, 2.05) is 42.5 Å². The molecule has 2 aromatic carbocycles. The van der Waals surface area contributed by atoms with Gasteiger partial charge in [0.2, 0.25) is 5.90 Å². The number of carbonyl (C=O) groups excluding carboxylic acids is 1. The van der Waals surface area contributed by atoms with Crippen molar-refractivity contribution < 1.29 is 9.53 Å². The topological polar surface area (TPSA) is 38.7 Å². The fourth-order valence-corrected chi connectivity index (χ4v) is 2.06. The lowest BCUT2D eigenvalue weighted by molar-refractivity contribution is -0.130. The van der Waals surface area contributed by atoms with Gasteiger partial charge in [-0.1, -0.05) is 48.5 Å². The second kappa shape index (κ2) is 5.13. The molecule has 0 bridgehead atoms. The molecule has 3 nitrogen and oxygen atoms in total. The second-order valence-corrected chi connectivity index (χ2v) is 4.42. The van der Waals surface area contributed by atoms with Crippen LogP contribution in [-0.2, 0) is 9.53 Å². The van der Waals surface area contributed by atoms with Crippen molar-refractivity contribution in [3.63, 3.8) is 0 Å². The molecule has 2 aromatic rings. The Morgan fingerprint density at radius 1 is 0.900 bits per heavy atom. The fourth-order valence-electron chi connectivity index (χ4n) is 2.06. The Bertz CT molecular complexity index is 698. The Hall–Kier alpha value is -2.68. The Morgan fingerprint density at radius 3 is 2.10 bits per heavy atom. The first kappa shape index (κ1) is 12.4. The van der Waals surface area contributed by atoms with Gasteiger partial charge in [0.1, 0.15) is 5.70 Å². The van der Waals surface area contributed by atoms with E-state index >= 15 is 0 Å². The number of ether oxygens (including phenoxy) is 1. The van der Waals surface area contributed by atoms with E-state index in [1.54, 1.807) is 13.0 Å². The van der Waals surface area contributed by atoms with Gasteiger partial charge in [-0.3, -0.25) is 0 Å². The summed E-state index contributed by atoms with van der Waals surface area (Å²) < 4.78 is 5.14. The molecule has 3 rings (SSSR count). The third kappa shape index (κ3) is 2.26. The summed E-state index contributed by atoms with van der Waals surface area (Å²) in [7, 11) is 0. The number of benzene rings is 2. The van der Waals surface area contributed by atoms with Crippen molar-refractivity contribution in [1.29, 1.82) is 0 Å². The van der Waals surface area contributed by atoms with Gasteiger partial charge < -0.3 is 4.74 Å². The zero-order chi connectivity index (χ0) is 13.9. The molecule has 0 atom stereocenters. The predicted molar refractivity (Wildman–Crippen MR) is 78.3 cm³/mol. The molecule has 0 fully saturated rings. The molecule has 1 heterocycles. The summed E-state index contributed by atoms with van der Waals surface area (Å²) in [5.41, 5.74) is 3.42. The minimum Gasteiger partial charge on any atom is -0.402 e. The number of esters is 1. The van der Waals surface area contributed by atoms with Crippen LogP contribution in [0.25, 0.3) is 11.1 Å². The molecule has 0 saturated carbocycles. The lowest BCUT2D eigenvalue weighted by Gasteiger charge is -2.03. The van der Waals surface area contributed by atoms with Crippen molar-refractivity contribution in [1.82, 2.24) is 0 Å². The molecule has 0 saturated heterocycles. The lowest BCUT2D eigenvalue weighted by Crippen LogP contribution is -2.05. The molecule has 0 unspecified atom stereocenters. The van der Waals surface area contributed by atoms with Crippen molar-refractivity contribution >= 4 is 11.9 Å². The lowest BCUT2D eigenvalue weighted by atomic mass is 10.0. The second-order valence-electron chi connectivity index (χ2n) is 4.42. The molecule has 0 radical (unpaired) electrons. The van der Waals surface area contributed by atoms with E-state index in [2.05, 4.69) is 17.1 Å². The number of hydrogen-bond acceptors (Lipinski definition) is 3. The number of rotatable bonds is 2. The van der Waals surface area contributed by atoms with Crippen LogP contribution < -0.4 is 0 Å². The number of allylic oxidation sites excluding steroid dienone is 1. The van der Waals surface area contributed by atoms with Crippen molar-refractivity contribution in [2.45, 2.75) is 6.92 Å². The van der Waals surface area contributed by atoms with Crippen molar-refractivity contribution in [3.8, 4) is 11.1 Å². The monoisotopic (exact) mass is 263 g/mol. The van der Waals surface area contributed by atoms with Gasteiger partial charge in [-0.2, -0.15) is 0 Å². The van der Waals surface area contributed by atoms with E-state index in [0.29, 0.717) is 11.6 Å². The maximum atomic E-state index is 11.5. The fraction of sp³-hybridized carbons (Fsp3) is 0.0588. The van der Waals surface area contributed by atoms with Crippen LogP contribution in [0.2, 0.25) is 0 Å². The minimum absolute atomic E-state index is 0.354. The maximum Gasteiger partial charge on any atom is 0.363 e. The number of nitrogens with zero attached hydrogens (tertiary/aromatic N) is 1. The van der Waals surface area contributed by atoms with Crippen molar-refractivity contribution in [3.05, 3.63) is 71.9 Å². The van der Waals surface area contributed by atoms with Crippen LogP contribution in [0, 0.1) is 0 Å². The van der Waals surface area contributed by atoms with Crippen LogP contribution in [0.15, 0.2) is 71.4 Å². The van der Waals surface area contributed by atoms with Crippen LogP contribution in [0.5, 0.6) is 0 Å². The first-order valence-electron chi connectivity index (χ1n) is 6.41. The third-order valence-corrected chi connectivity index (χ3v) is 3.13. The number of hydrogen-bond donors (Lipinski definition) is 0. The van der Waals surface area contributed by atoms with Gasteiger partial charge in [0.15, 0.2) is 0 Å². The third-order valence-electron chi connectivity index (χ3n) is 3.13. The van der Waals surface area contributed by atoms with Gasteiger partial charge >= 0.3 is 5.97 Å². The normalized spacial score (nSPS) is 16.1. The zero-order valence-corrected chi connectivity index (χ0v) is 11.0. The standard InChI is InChI=1S/C17H13NO2/c1-2-15-17(19)20-16(18-15)14-10-8-13(9-11-14)12-6-4-3-5-7-12/h2-11H,1H3/b15-2+. The summed E-state index contributed by atoms with van der Waals surface area (Å²) in [6, 6.07) is 17.9. The summed E-state index contributed by atoms with van der Waals surface area (Å²) in [4.78, 5) is 15.6. The molecule has 1 aliphatic heterocycles. The zero-order valence-electron chi connectivity index (χ0n) is 11.0. The molecule has 98 valence electrons. The maximum absolute atomic E-state index is 11.5. The van der Waals surface area contributed by atoms with Crippen LogP contribution in [0.3, 0.4) is 0 Å². The minimum atomic E-state index is -0.394. The highest BCUT2D eigenvalue weighted by Crippen LogP contribution is 2.21. The molecular weight excluding hydrogens is 250 g/mol. The van der Waals surface area contributed by atoms with Gasteiger partial charge in [0.25, 0.3) is 0 Å². The Kier molecular flexibility index (Phi) is 3.17. The van der Waals surface area contributed by atoms with Crippen LogP contribution in [0.1, 0.15) is 12.5 Å². The van der Waals surface area contributed by atoms with E-state index in [1.165, 1.54) is 0 Å². The Balaban J connectivity index is 1.90. The van der Waals surface area contributed by atoms with Crippen LogP contribution in [0.4, 0.5) is 0 Å². The van der Waals surface area contributed by atoms with Crippen LogP contribution >= 0.6 is 0 Å². The molecule has 0 spiro atoms. The SMILES string of the molecule is C/C=C1/N=C(c2ccc(-c3ccccc3)cc2)OC1=O. The average Bonchev–Trinajstić information content (AvgIpc) is 2.89. The van der Waals surface area contributed by atoms with Gasteiger partial charge in [0.05, 0.1) is 0 Å². The Morgan fingerprint density at radius 2 is 1.50 bits per heavy atom. The molecule has 0 amide bonds. The quantitative estimate of drug-likeness (QED) is 0.613. The van der Waals surface area contributed by atoms with E-state index in [4.69, 9.17) is 4.74 Å². The highest BCUT2D eigenvalue weighted by molar-refractivity contribution is 6.11. The Labute approximate surface area is 117 Å². The molecule has 0 aliphatic carbocycles. The van der Waals surface area contributed by atoms with E-state index in [-0.39, 0.29) is 0 Å². The highest BCUT2D eigenvalue weighted by atomic mass is 16.6. The molecule has 0 aromatic heterocycles. The summed E-state index contributed by atoms with van der Waals surface area (Å²) in [5, 5.41) is 0. The van der Waals surface area contributed by atoms with Gasteiger partial charge in [-0.15, -0.1) is 0 Å². The largest absolute Gasteiger partial charge is 0.402 e. The van der Waals surface area contributed by atoms with Gasteiger partial charge in [0, 0.05) is 5.56 Å². The summed E-state index contributed by atoms with van der Waals surface area (Å²) in [6.45, 7) is 1.77. The number of cyclic esters (lactones) is 1. The molecule has 3 heteroatoms. The first-order valence-corrected chi connectivity index (χ1v) is 6.41. The summed E-state index contributed by atoms with van der Waals surface area (Å²) in [5.74, 6) is -0.0302. The number of aliphatic imine (C=N–C) groups is 1. The van der Waals surface area contributed by atoms with Gasteiger partial charge in [-0.25, -0.2) is 9.79 Å².